The van der Waals surface area contributed by atoms with Gasteiger partial charge in [-0.15, -0.1) is 0 Å². The lowest BCUT2D eigenvalue weighted by Gasteiger charge is -2.15. The normalized spacial score (nSPS) is 20.7. The van der Waals surface area contributed by atoms with E-state index in [1.807, 2.05) is 0 Å². The number of hydrogen-bond donors (Lipinski definition) is 1. The van der Waals surface area contributed by atoms with Gasteiger partial charge >= 0.3 is 0 Å². The number of hydrogen-bond acceptors (Lipinski definition) is 2. The van der Waals surface area contributed by atoms with Crippen LogP contribution >= 0.6 is 0 Å². The van der Waals surface area contributed by atoms with Gasteiger partial charge in [0.15, 0.2) is 0 Å². The maximum absolute atomic E-state index is 5.65. The number of nitrogens with two attached hydrogens (primary N) is 1. The van der Waals surface area contributed by atoms with Crippen LogP contribution in [0.25, 0.3) is 0 Å². The predicted octanol–water partition coefficient (Wildman–Crippen LogP) is 1.21. The van der Waals surface area contributed by atoms with Crippen LogP contribution in [-0.4, -0.2) is 30.6 Å². The van der Waals surface area contributed by atoms with Crippen LogP contribution in [0.1, 0.15) is 32.6 Å². The van der Waals surface area contributed by atoms with Crippen molar-refractivity contribution >= 4 is 0 Å². The highest BCUT2D eigenvalue weighted by molar-refractivity contribution is 4.82. The maximum atomic E-state index is 5.65. The van der Waals surface area contributed by atoms with E-state index in [9.17, 15) is 0 Å². The Hall–Kier alpha value is -0.0800. The van der Waals surface area contributed by atoms with Gasteiger partial charge in [-0.1, -0.05) is 0 Å². The van der Waals surface area contributed by atoms with Crippen molar-refractivity contribution in [1.29, 1.82) is 0 Å². The maximum Gasteiger partial charge on any atom is 0.00933 e. The molecule has 2 nitrogen and oxygen atoms in total. The second-order valence-electron chi connectivity index (χ2n) is 3.83. The molecule has 0 aromatic heterocycles. The summed E-state index contributed by atoms with van der Waals surface area (Å²) in [4.78, 5) is 2.46. The van der Waals surface area contributed by atoms with Crippen molar-refractivity contribution in [2.45, 2.75) is 44.7 Å². The Bertz CT molecular complexity index is 108. The lowest BCUT2D eigenvalue weighted by molar-refractivity contribution is 0.313. The fraction of sp³-hybridized carbons (Fsp3) is 1.00. The van der Waals surface area contributed by atoms with E-state index in [4.69, 9.17) is 5.73 Å². The first-order valence-corrected chi connectivity index (χ1v) is 4.66. The third kappa shape index (κ3) is 3.73. The van der Waals surface area contributed by atoms with E-state index >= 15 is 0 Å². The van der Waals surface area contributed by atoms with Gasteiger partial charge in [-0.3, -0.25) is 0 Å². The highest BCUT2D eigenvalue weighted by Gasteiger charge is 2.25. The van der Waals surface area contributed by atoms with Crippen molar-refractivity contribution in [1.82, 2.24) is 4.90 Å². The van der Waals surface area contributed by atoms with Crippen molar-refractivity contribution in [3.05, 3.63) is 0 Å². The quantitative estimate of drug-likeness (QED) is 0.648. The molecule has 0 aromatic rings. The average molecular weight is 156 g/mol. The van der Waals surface area contributed by atoms with Crippen LogP contribution in [0.5, 0.6) is 0 Å². The molecular weight excluding hydrogens is 136 g/mol. The summed E-state index contributed by atoms with van der Waals surface area (Å²) in [5.41, 5.74) is 5.65. The molecule has 1 fully saturated rings. The molecule has 0 radical (unpaired) electrons. The third-order valence-electron chi connectivity index (χ3n) is 2.34. The van der Waals surface area contributed by atoms with Crippen molar-refractivity contribution in [2.75, 3.05) is 13.6 Å². The lowest BCUT2D eigenvalue weighted by Crippen LogP contribution is -2.24. The van der Waals surface area contributed by atoms with Crippen LogP contribution in [0.15, 0.2) is 0 Å². The summed E-state index contributed by atoms with van der Waals surface area (Å²) in [5.74, 6) is 0. The van der Waals surface area contributed by atoms with E-state index < -0.39 is 0 Å². The zero-order valence-corrected chi connectivity index (χ0v) is 7.71. The number of nitrogens with zero attached hydrogens (tertiary/aromatic N) is 1. The SMILES string of the molecule is CC(N)CCCN(C)C1CC1. The first-order valence-electron chi connectivity index (χ1n) is 4.66. The Morgan fingerprint density at radius 3 is 2.64 bits per heavy atom. The Labute approximate surface area is 69.8 Å². The van der Waals surface area contributed by atoms with Crippen molar-refractivity contribution in [3.8, 4) is 0 Å². The smallest absolute Gasteiger partial charge is 0.00933 e. The molecule has 0 bridgehead atoms. The lowest BCUT2D eigenvalue weighted by atomic mass is 10.2. The van der Waals surface area contributed by atoms with Crippen molar-refractivity contribution in [3.63, 3.8) is 0 Å². The first kappa shape index (κ1) is 9.01. The average Bonchev–Trinajstić information content (AvgIpc) is 2.66. The summed E-state index contributed by atoms with van der Waals surface area (Å²) in [5, 5.41) is 0. The van der Waals surface area contributed by atoms with Gasteiger partial charge in [0, 0.05) is 12.1 Å². The molecular formula is C9H20N2. The molecule has 0 aromatic carbocycles. The van der Waals surface area contributed by atoms with Gasteiger partial charge in [-0.05, 0) is 46.2 Å². The summed E-state index contributed by atoms with van der Waals surface area (Å²) in [7, 11) is 2.22. The molecule has 1 aliphatic carbocycles. The van der Waals surface area contributed by atoms with Crippen molar-refractivity contribution in [2.24, 2.45) is 5.73 Å². The molecule has 0 spiro atoms. The van der Waals surface area contributed by atoms with Gasteiger partial charge in [0.05, 0.1) is 0 Å². The van der Waals surface area contributed by atoms with Crippen LogP contribution in [0, 0.1) is 0 Å². The van der Waals surface area contributed by atoms with Gasteiger partial charge < -0.3 is 10.6 Å². The monoisotopic (exact) mass is 156 g/mol. The minimum Gasteiger partial charge on any atom is -0.328 e. The molecule has 0 aliphatic heterocycles. The molecule has 1 atom stereocenters. The topological polar surface area (TPSA) is 29.3 Å². The Morgan fingerprint density at radius 2 is 2.18 bits per heavy atom. The second-order valence-corrected chi connectivity index (χ2v) is 3.83. The molecule has 1 saturated carbocycles. The second kappa shape index (κ2) is 4.07. The molecule has 1 rings (SSSR count). The third-order valence-corrected chi connectivity index (χ3v) is 2.34. The van der Waals surface area contributed by atoms with Gasteiger partial charge in [-0.2, -0.15) is 0 Å². The molecule has 2 heteroatoms. The van der Waals surface area contributed by atoms with E-state index in [-0.39, 0.29) is 0 Å². The Morgan fingerprint density at radius 1 is 1.55 bits per heavy atom. The number of rotatable bonds is 5. The van der Waals surface area contributed by atoms with E-state index in [0.29, 0.717) is 6.04 Å². The van der Waals surface area contributed by atoms with E-state index in [1.165, 1.54) is 25.8 Å². The molecule has 2 N–H and O–H groups in total. The first-order chi connectivity index (χ1) is 5.20. The predicted molar refractivity (Wildman–Crippen MR) is 48.5 cm³/mol. The molecule has 0 amide bonds. The molecule has 0 saturated heterocycles. The van der Waals surface area contributed by atoms with Crippen LogP contribution < -0.4 is 5.73 Å². The summed E-state index contributed by atoms with van der Waals surface area (Å²) < 4.78 is 0. The molecule has 1 unspecified atom stereocenters. The molecule has 1 aliphatic rings. The van der Waals surface area contributed by atoms with E-state index in [1.54, 1.807) is 0 Å². The highest BCUT2D eigenvalue weighted by atomic mass is 15.1. The summed E-state index contributed by atoms with van der Waals surface area (Å²) in [6, 6.07) is 1.28. The summed E-state index contributed by atoms with van der Waals surface area (Å²) >= 11 is 0. The summed E-state index contributed by atoms with van der Waals surface area (Å²) in [6.45, 7) is 3.31. The molecule has 0 heterocycles. The highest BCUT2D eigenvalue weighted by Crippen LogP contribution is 2.25. The zero-order valence-electron chi connectivity index (χ0n) is 7.71. The van der Waals surface area contributed by atoms with Gasteiger partial charge in [0.2, 0.25) is 0 Å². The minimum absolute atomic E-state index is 0.377. The van der Waals surface area contributed by atoms with Gasteiger partial charge in [-0.25, -0.2) is 0 Å². The minimum atomic E-state index is 0.377. The van der Waals surface area contributed by atoms with E-state index in [0.717, 1.165) is 12.5 Å². The molecule has 11 heavy (non-hydrogen) atoms. The van der Waals surface area contributed by atoms with Crippen LogP contribution in [0.2, 0.25) is 0 Å². The van der Waals surface area contributed by atoms with Crippen LogP contribution in [0.3, 0.4) is 0 Å². The summed E-state index contributed by atoms with van der Waals surface area (Å²) in [6.07, 6.45) is 5.24. The van der Waals surface area contributed by atoms with Gasteiger partial charge in [0.25, 0.3) is 0 Å². The fourth-order valence-electron chi connectivity index (χ4n) is 1.36. The largest absolute Gasteiger partial charge is 0.328 e. The van der Waals surface area contributed by atoms with Gasteiger partial charge in [0.1, 0.15) is 0 Å². The Balaban J connectivity index is 1.93. The Kier molecular flexibility index (Phi) is 3.34. The standard InChI is InChI=1S/C9H20N2/c1-8(10)4-3-7-11(2)9-5-6-9/h8-9H,3-7,10H2,1-2H3. The van der Waals surface area contributed by atoms with Crippen molar-refractivity contribution < 1.29 is 0 Å². The van der Waals surface area contributed by atoms with Crippen LogP contribution in [0.4, 0.5) is 0 Å². The fourth-order valence-corrected chi connectivity index (χ4v) is 1.36. The molecule has 66 valence electrons. The van der Waals surface area contributed by atoms with E-state index in [2.05, 4.69) is 18.9 Å². The van der Waals surface area contributed by atoms with Crippen LogP contribution in [-0.2, 0) is 0 Å². The zero-order chi connectivity index (χ0) is 8.27.